The number of aliphatic hydroxyl groups excluding tert-OH is 8. The molecule has 89 heavy (non-hydrogen) atoms. The molecule has 0 bridgehead atoms. The summed E-state index contributed by atoms with van der Waals surface area (Å²) in [5, 5.41) is 87.6. The summed E-state index contributed by atoms with van der Waals surface area (Å²) in [6, 6.07) is -0.917. The number of allylic oxidation sites excluding steroid dienone is 9. The van der Waals surface area contributed by atoms with E-state index in [0.29, 0.717) is 6.42 Å². The Hall–Kier alpha value is -2.31. The third-order valence-corrected chi connectivity index (χ3v) is 18.0. The molecule has 0 saturated carbocycles. The maximum absolute atomic E-state index is 13.4. The highest BCUT2D eigenvalue weighted by Gasteiger charge is 2.51. The van der Waals surface area contributed by atoms with Crippen molar-refractivity contribution in [1.82, 2.24) is 5.32 Å². The number of ether oxygens (including phenoxy) is 4. The fourth-order valence-corrected chi connectivity index (χ4v) is 12.1. The maximum atomic E-state index is 13.4. The monoisotopic (exact) mass is 1260 g/mol. The minimum atomic E-state index is -1.79. The van der Waals surface area contributed by atoms with Crippen molar-refractivity contribution >= 4 is 5.91 Å². The van der Waals surface area contributed by atoms with Crippen LogP contribution in [0.2, 0.25) is 0 Å². The van der Waals surface area contributed by atoms with E-state index in [9.17, 15) is 45.6 Å². The van der Waals surface area contributed by atoms with Crippen LogP contribution in [-0.2, 0) is 23.7 Å². The van der Waals surface area contributed by atoms with Crippen LogP contribution in [0, 0.1) is 0 Å². The van der Waals surface area contributed by atoms with E-state index < -0.39 is 86.8 Å². The minimum absolute atomic E-state index is 0.235. The lowest BCUT2D eigenvalue weighted by atomic mass is 9.97. The predicted molar refractivity (Wildman–Crippen MR) is 364 cm³/mol. The van der Waals surface area contributed by atoms with Crippen LogP contribution in [0.25, 0.3) is 0 Å². The van der Waals surface area contributed by atoms with Gasteiger partial charge in [0.1, 0.15) is 48.8 Å². The molecule has 1 amide bonds. The van der Waals surface area contributed by atoms with Gasteiger partial charge in [0.2, 0.25) is 5.91 Å². The lowest BCUT2D eigenvalue weighted by Crippen LogP contribution is -2.65. The first-order chi connectivity index (χ1) is 43.6. The van der Waals surface area contributed by atoms with Crippen LogP contribution in [0.4, 0.5) is 0 Å². The number of nitrogens with one attached hydrogen (secondary N) is 1. The second-order valence-electron chi connectivity index (χ2n) is 26.0. The van der Waals surface area contributed by atoms with Gasteiger partial charge in [-0.15, -0.1) is 0 Å². The summed E-state index contributed by atoms with van der Waals surface area (Å²) in [4.78, 5) is 13.4. The number of rotatable bonds is 61. The summed E-state index contributed by atoms with van der Waals surface area (Å²) in [5.74, 6) is -0.235. The molecule has 0 radical (unpaired) electrons. The fraction of sp³-hybridized carbons (Fsp3) is 0.853. The van der Waals surface area contributed by atoms with Gasteiger partial charge in [-0.25, -0.2) is 0 Å². The molecule has 12 unspecified atom stereocenters. The van der Waals surface area contributed by atoms with Crippen LogP contribution in [-0.4, -0.2) is 140 Å². The molecule has 2 fully saturated rings. The molecule has 2 aliphatic heterocycles. The number of amides is 1. The number of hydrogen-bond acceptors (Lipinski definition) is 13. The van der Waals surface area contributed by atoms with E-state index >= 15 is 0 Å². The molecule has 2 rings (SSSR count). The molecule has 9 N–H and O–H groups in total. The van der Waals surface area contributed by atoms with Crippen molar-refractivity contribution < 1.29 is 64.6 Å². The Morgan fingerprint density at radius 3 is 1.19 bits per heavy atom. The summed E-state index contributed by atoms with van der Waals surface area (Å²) >= 11 is 0. The number of hydrogen-bond donors (Lipinski definition) is 9. The first kappa shape index (κ1) is 82.8. The summed E-state index contributed by atoms with van der Waals surface area (Å²) in [5.41, 5.74) is 0. The standard InChI is InChI=1S/C75H137NO13/c1-3-5-7-9-11-13-15-17-19-21-23-25-27-29-30-31-32-33-34-35-37-39-41-43-45-47-49-51-53-55-57-59-67(80)76-63(62-86-74-72(85)70(83)73(66(61-78)88-74)89-75-71(84)69(82)68(81)65(60-77)87-75)64(79)58-56-54-52-50-48-46-44-42-40-38-36-28-26-24-22-20-18-16-14-12-10-8-6-4-2/h5,7,11,13,17,19,23,25,56,58,63-66,68-75,77-79,81-85H,3-4,6,8-10,12,14-16,18,20-22,24,26-55,57,59-62H2,1-2H3,(H,76,80)/b7-5-,13-11-,19-17-,25-23-,58-56+. The zero-order valence-electron chi connectivity index (χ0n) is 56.7. The largest absolute Gasteiger partial charge is 0.394 e. The Bertz CT molecular complexity index is 1720. The number of unbranched alkanes of at least 4 members (excludes halogenated alkanes) is 40. The Labute approximate surface area is 543 Å². The molecule has 14 heteroatoms. The van der Waals surface area contributed by atoms with Crippen molar-refractivity contribution in [2.24, 2.45) is 0 Å². The zero-order chi connectivity index (χ0) is 64.5. The fourth-order valence-electron chi connectivity index (χ4n) is 12.1. The van der Waals surface area contributed by atoms with Crippen LogP contribution in [0.5, 0.6) is 0 Å². The summed E-state index contributed by atoms with van der Waals surface area (Å²) in [7, 11) is 0. The van der Waals surface area contributed by atoms with Gasteiger partial charge in [0.15, 0.2) is 12.6 Å². The van der Waals surface area contributed by atoms with Crippen molar-refractivity contribution in [2.45, 2.75) is 389 Å². The van der Waals surface area contributed by atoms with E-state index in [-0.39, 0.29) is 18.9 Å². The normalized spacial score (nSPS) is 23.3. The second-order valence-corrected chi connectivity index (χ2v) is 26.0. The van der Waals surface area contributed by atoms with E-state index in [2.05, 4.69) is 67.8 Å². The van der Waals surface area contributed by atoms with Crippen molar-refractivity contribution in [3.8, 4) is 0 Å². The van der Waals surface area contributed by atoms with Gasteiger partial charge in [-0.05, 0) is 57.8 Å². The molecular weight excluding hydrogens is 1120 g/mol. The maximum Gasteiger partial charge on any atom is 0.220 e. The summed E-state index contributed by atoms with van der Waals surface area (Å²) in [6.45, 7) is 2.73. The van der Waals surface area contributed by atoms with E-state index in [1.54, 1.807) is 6.08 Å². The second kappa shape index (κ2) is 59.4. The minimum Gasteiger partial charge on any atom is -0.394 e. The molecule has 12 atom stereocenters. The van der Waals surface area contributed by atoms with Crippen LogP contribution in [0.1, 0.15) is 316 Å². The van der Waals surface area contributed by atoms with Crippen LogP contribution >= 0.6 is 0 Å². The highest BCUT2D eigenvalue weighted by Crippen LogP contribution is 2.30. The predicted octanol–water partition coefficient (Wildman–Crippen LogP) is 15.6. The van der Waals surface area contributed by atoms with Crippen molar-refractivity contribution in [1.29, 1.82) is 0 Å². The van der Waals surface area contributed by atoms with Crippen molar-refractivity contribution in [3.63, 3.8) is 0 Å². The van der Waals surface area contributed by atoms with Gasteiger partial charge in [-0.2, -0.15) is 0 Å². The number of aliphatic hydroxyl groups is 8. The van der Waals surface area contributed by atoms with Gasteiger partial charge >= 0.3 is 0 Å². The van der Waals surface area contributed by atoms with Crippen LogP contribution in [0.15, 0.2) is 60.8 Å². The molecule has 14 nitrogen and oxygen atoms in total. The first-order valence-electron chi connectivity index (χ1n) is 37.0. The Kier molecular flexibility index (Phi) is 55.3. The molecular formula is C75H137NO13. The van der Waals surface area contributed by atoms with Gasteiger partial charge < -0.3 is 65.1 Å². The van der Waals surface area contributed by atoms with Gasteiger partial charge in [-0.1, -0.05) is 312 Å². The van der Waals surface area contributed by atoms with E-state index in [1.165, 1.54) is 225 Å². The van der Waals surface area contributed by atoms with E-state index in [4.69, 9.17) is 18.9 Å². The lowest BCUT2D eigenvalue weighted by molar-refractivity contribution is -0.359. The smallest absolute Gasteiger partial charge is 0.220 e. The molecule has 0 aromatic heterocycles. The van der Waals surface area contributed by atoms with E-state index in [0.717, 1.165) is 64.2 Å². The highest BCUT2D eigenvalue weighted by molar-refractivity contribution is 5.76. The van der Waals surface area contributed by atoms with E-state index in [1.807, 2.05) is 6.08 Å². The zero-order valence-corrected chi connectivity index (χ0v) is 56.7. The van der Waals surface area contributed by atoms with Gasteiger partial charge in [-0.3, -0.25) is 4.79 Å². The highest BCUT2D eigenvalue weighted by atomic mass is 16.7. The van der Waals surface area contributed by atoms with Gasteiger partial charge in [0.05, 0.1) is 32.0 Å². The quantitative estimate of drug-likeness (QED) is 0.0204. The molecule has 0 aliphatic carbocycles. The SMILES string of the molecule is CC/C=C\C/C=C\C/C=C\C/C=C\CCCCCCCCCCCCCCCCCCCCC(=O)NC(COC1OC(CO)C(OC2OC(CO)C(O)C(O)C2O)C(O)C1O)C(O)/C=C/CCCCCCCCCCCCCCCCCCCCCCCC. The Morgan fingerprint density at radius 2 is 0.775 bits per heavy atom. The lowest BCUT2D eigenvalue weighted by Gasteiger charge is -2.46. The molecule has 520 valence electrons. The van der Waals surface area contributed by atoms with Crippen molar-refractivity contribution in [2.75, 3.05) is 19.8 Å². The topological polar surface area (TPSA) is 228 Å². The molecule has 2 aliphatic rings. The van der Waals surface area contributed by atoms with Crippen LogP contribution < -0.4 is 5.32 Å². The Balaban J connectivity index is 1.65. The van der Waals surface area contributed by atoms with Gasteiger partial charge in [0.25, 0.3) is 0 Å². The van der Waals surface area contributed by atoms with Crippen molar-refractivity contribution in [3.05, 3.63) is 60.8 Å². The first-order valence-corrected chi connectivity index (χ1v) is 37.0. The Morgan fingerprint density at radius 1 is 0.416 bits per heavy atom. The summed E-state index contributed by atoms with van der Waals surface area (Å²) < 4.78 is 22.9. The van der Waals surface area contributed by atoms with Crippen LogP contribution in [0.3, 0.4) is 0 Å². The molecule has 2 heterocycles. The van der Waals surface area contributed by atoms with Gasteiger partial charge in [0, 0.05) is 6.42 Å². The third kappa shape index (κ3) is 43.3. The number of carbonyl (C=O) groups excluding carboxylic acids is 1. The summed E-state index contributed by atoms with van der Waals surface area (Å²) in [6.07, 6.45) is 62.8. The molecule has 0 aromatic rings. The average Bonchev–Trinajstić information content (AvgIpc) is 2.53. The molecule has 0 spiro atoms. The molecule has 0 aromatic carbocycles. The average molecular weight is 1260 g/mol. The third-order valence-electron chi connectivity index (χ3n) is 18.0. The number of carbonyl (C=O) groups is 1. The molecule has 2 saturated heterocycles.